The van der Waals surface area contributed by atoms with Gasteiger partial charge < -0.3 is 0 Å². The maximum Gasteiger partial charge on any atom is 0.425 e. The third-order valence-electron chi connectivity index (χ3n) is 6.60. The number of thiophene rings is 1. The van der Waals surface area contributed by atoms with E-state index in [0.717, 1.165) is 46.8 Å². The van der Waals surface area contributed by atoms with Crippen LogP contribution in [0.2, 0.25) is 0 Å². The highest BCUT2D eigenvalue weighted by Crippen LogP contribution is 2.46. The lowest BCUT2D eigenvalue weighted by Gasteiger charge is -2.37. The number of unbranched alkanes of at least 4 members (excludes halogenated alkanes) is 1. The first-order chi connectivity index (χ1) is 12.0. The molecule has 0 radical (unpaired) electrons. The smallest absolute Gasteiger partial charge is 0.165 e. The molecule has 2 fully saturated rings. The molecule has 0 amide bonds. The van der Waals surface area contributed by atoms with Crippen molar-refractivity contribution < 1.29 is 13.2 Å². The Kier molecular flexibility index (Phi) is 6.51. The summed E-state index contributed by atoms with van der Waals surface area (Å²) in [6.45, 7) is 2.27. The number of hydrogen-bond donors (Lipinski definition) is 0. The molecule has 25 heavy (non-hydrogen) atoms. The fourth-order valence-electron chi connectivity index (χ4n) is 5.04. The molecule has 0 bridgehead atoms. The first kappa shape index (κ1) is 19.3. The lowest BCUT2D eigenvalue weighted by atomic mass is 9.68. The summed E-state index contributed by atoms with van der Waals surface area (Å²) in [5.74, 6) is 3.02. The molecule has 2 saturated carbocycles. The van der Waals surface area contributed by atoms with Crippen molar-refractivity contribution in [2.45, 2.75) is 89.6 Å². The molecule has 0 saturated heterocycles. The van der Waals surface area contributed by atoms with Crippen molar-refractivity contribution in [3.8, 4) is 0 Å². The molecule has 0 nitrogen and oxygen atoms in total. The molecule has 3 rings (SSSR count). The molecule has 1 aromatic rings. The van der Waals surface area contributed by atoms with E-state index in [2.05, 4.69) is 6.92 Å². The molecule has 1 heterocycles. The predicted octanol–water partition coefficient (Wildman–Crippen LogP) is 8.04. The van der Waals surface area contributed by atoms with Gasteiger partial charge in [-0.2, -0.15) is 13.2 Å². The minimum absolute atomic E-state index is 0.359. The average molecular weight is 373 g/mol. The van der Waals surface area contributed by atoms with Gasteiger partial charge in [0.25, 0.3) is 0 Å². The average Bonchev–Trinajstić information content (AvgIpc) is 3.11. The fourth-order valence-corrected chi connectivity index (χ4v) is 6.09. The van der Waals surface area contributed by atoms with E-state index < -0.39 is 11.1 Å². The molecule has 142 valence electrons. The van der Waals surface area contributed by atoms with Crippen LogP contribution in [0.15, 0.2) is 12.1 Å². The second-order valence-electron chi connectivity index (χ2n) is 8.23. The van der Waals surface area contributed by atoms with Gasteiger partial charge in [-0.1, -0.05) is 39.0 Å². The van der Waals surface area contributed by atoms with Crippen LogP contribution >= 0.6 is 11.3 Å². The second kappa shape index (κ2) is 8.45. The van der Waals surface area contributed by atoms with E-state index in [0.29, 0.717) is 5.92 Å². The van der Waals surface area contributed by atoms with Gasteiger partial charge in [0.15, 0.2) is 0 Å². The standard InChI is InChI=1S/C21H31F3S/c1-2-3-4-15-5-7-16(8-6-15)17-9-11-18(12-10-17)19-13-14-20(25-19)21(22,23)24/h13-18H,2-12H2,1H3. The summed E-state index contributed by atoms with van der Waals surface area (Å²) in [5.41, 5.74) is 0. The van der Waals surface area contributed by atoms with Crippen molar-refractivity contribution in [3.05, 3.63) is 21.9 Å². The molecule has 4 heteroatoms. The largest absolute Gasteiger partial charge is 0.425 e. The summed E-state index contributed by atoms with van der Waals surface area (Å²) >= 11 is 0.966. The summed E-state index contributed by atoms with van der Waals surface area (Å²) in [6, 6.07) is 2.99. The maximum absolute atomic E-state index is 12.8. The van der Waals surface area contributed by atoms with Crippen molar-refractivity contribution >= 4 is 11.3 Å². The Labute approximate surface area is 154 Å². The van der Waals surface area contributed by atoms with Gasteiger partial charge in [0.2, 0.25) is 0 Å². The molecule has 0 atom stereocenters. The van der Waals surface area contributed by atoms with Gasteiger partial charge in [0.05, 0.1) is 0 Å². The lowest BCUT2D eigenvalue weighted by Crippen LogP contribution is -2.25. The zero-order valence-electron chi connectivity index (χ0n) is 15.3. The van der Waals surface area contributed by atoms with E-state index in [-0.39, 0.29) is 0 Å². The van der Waals surface area contributed by atoms with E-state index in [4.69, 9.17) is 0 Å². The van der Waals surface area contributed by atoms with Gasteiger partial charge in [-0.05, 0) is 74.3 Å². The Morgan fingerprint density at radius 3 is 2.04 bits per heavy atom. The van der Waals surface area contributed by atoms with Gasteiger partial charge in [-0.25, -0.2) is 0 Å². The van der Waals surface area contributed by atoms with Gasteiger partial charge in [0.1, 0.15) is 4.88 Å². The zero-order valence-corrected chi connectivity index (χ0v) is 16.1. The van der Waals surface area contributed by atoms with Gasteiger partial charge in [0, 0.05) is 4.88 Å². The van der Waals surface area contributed by atoms with Gasteiger partial charge in [-0.3, -0.25) is 0 Å². The Bertz CT molecular complexity index is 517. The molecule has 0 unspecified atom stereocenters. The van der Waals surface area contributed by atoms with Crippen molar-refractivity contribution in [3.63, 3.8) is 0 Å². The normalized spacial score (nSPS) is 31.2. The van der Waals surface area contributed by atoms with E-state index in [1.54, 1.807) is 6.07 Å². The van der Waals surface area contributed by atoms with Crippen LogP contribution in [0.25, 0.3) is 0 Å². The Morgan fingerprint density at radius 1 is 0.920 bits per heavy atom. The third-order valence-corrected chi connectivity index (χ3v) is 7.90. The molecule has 0 spiro atoms. The monoisotopic (exact) mass is 372 g/mol. The molecular weight excluding hydrogens is 341 g/mol. The minimum Gasteiger partial charge on any atom is -0.165 e. The van der Waals surface area contributed by atoms with Crippen LogP contribution in [-0.2, 0) is 6.18 Å². The van der Waals surface area contributed by atoms with Crippen LogP contribution in [-0.4, -0.2) is 0 Å². The number of alkyl halides is 3. The van der Waals surface area contributed by atoms with Crippen molar-refractivity contribution in [1.29, 1.82) is 0 Å². The minimum atomic E-state index is -4.18. The van der Waals surface area contributed by atoms with E-state index >= 15 is 0 Å². The molecule has 0 aromatic carbocycles. The maximum atomic E-state index is 12.8. The third kappa shape index (κ3) is 5.02. The summed E-state index contributed by atoms with van der Waals surface area (Å²) < 4.78 is 38.4. The van der Waals surface area contributed by atoms with Crippen LogP contribution in [0.3, 0.4) is 0 Å². The van der Waals surface area contributed by atoms with Crippen LogP contribution in [0.5, 0.6) is 0 Å². The van der Waals surface area contributed by atoms with Crippen LogP contribution in [0, 0.1) is 17.8 Å². The number of hydrogen-bond acceptors (Lipinski definition) is 1. The van der Waals surface area contributed by atoms with Gasteiger partial charge >= 0.3 is 6.18 Å². The summed E-state index contributed by atoms with van der Waals surface area (Å²) in [4.78, 5) is 0.518. The molecule has 2 aliphatic carbocycles. The highest BCUT2D eigenvalue weighted by atomic mass is 32.1. The highest BCUT2D eigenvalue weighted by Gasteiger charge is 2.35. The molecule has 2 aliphatic rings. The lowest BCUT2D eigenvalue weighted by molar-refractivity contribution is -0.134. The number of halogens is 3. The molecule has 0 aliphatic heterocycles. The molecular formula is C21H31F3S. The van der Waals surface area contributed by atoms with Crippen molar-refractivity contribution in [1.82, 2.24) is 0 Å². The quantitative estimate of drug-likeness (QED) is 0.490. The van der Waals surface area contributed by atoms with Crippen LogP contribution in [0.4, 0.5) is 13.2 Å². The Morgan fingerprint density at radius 2 is 1.52 bits per heavy atom. The first-order valence-corrected chi connectivity index (χ1v) is 11.0. The van der Waals surface area contributed by atoms with Gasteiger partial charge in [-0.15, -0.1) is 11.3 Å². The highest BCUT2D eigenvalue weighted by molar-refractivity contribution is 7.12. The summed E-state index contributed by atoms with van der Waals surface area (Å²) in [5, 5.41) is 0. The Hall–Kier alpha value is -0.510. The fraction of sp³-hybridized carbons (Fsp3) is 0.810. The predicted molar refractivity (Wildman–Crippen MR) is 99.0 cm³/mol. The molecule has 1 aromatic heterocycles. The van der Waals surface area contributed by atoms with Crippen LogP contribution in [0.1, 0.15) is 93.2 Å². The van der Waals surface area contributed by atoms with Crippen molar-refractivity contribution in [2.75, 3.05) is 0 Å². The SMILES string of the molecule is CCCCC1CCC(C2CCC(c3ccc(C(F)(F)F)s3)CC2)CC1. The first-order valence-electron chi connectivity index (χ1n) is 10.1. The summed E-state index contributed by atoms with van der Waals surface area (Å²) in [6.07, 6.45) is 10.1. The van der Waals surface area contributed by atoms with E-state index in [9.17, 15) is 13.2 Å². The van der Waals surface area contributed by atoms with E-state index in [1.165, 1.54) is 63.9 Å². The summed E-state index contributed by atoms with van der Waals surface area (Å²) in [7, 11) is 0. The van der Waals surface area contributed by atoms with Crippen LogP contribution < -0.4 is 0 Å². The zero-order chi connectivity index (χ0) is 17.9. The van der Waals surface area contributed by atoms with E-state index in [1.807, 2.05) is 0 Å². The number of rotatable bonds is 5. The molecule has 0 N–H and O–H groups in total. The van der Waals surface area contributed by atoms with Crippen molar-refractivity contribution in [2.24, 2.45) is 17.8 Å². The topological polar surface area (TPSA) is 0 Å². The second-order valence-corrected chi connectivity index (χ2v) is 9.35. The Balaban J connectivity index is 1.45.